The number of para-hydroxylation sites is 1. The van der Waals surface area contributed by atoms with Gasteiger partial charge in [-0.15, -0.1) is 0 Å². The van der Waals surface area contributed by atoms with Crippen molar-refractivity contribution in [1.29, 1.82) is 0 Å². The number of carbonyl (C=O) groups is 2. The zero-order valence-corrected chi connectivity index (χ0v) is 14.2. The molecule has 0 radical (unpaired) electrons. The number of nitrogens with zero attached hydrogens (tertiary/aromatic N) is 2. The van der Waals surface area contributed by atoms with E-state index in [4.69, 9.17) is 9.26 Å². The number of fused-ring (bicyclic) bond motifs is 1. The number of nitrogens with one attached hydrogen (secondary N) is 1. The van der Waals surface area contributed by atoms with E-state index in [0.717, 1.165) is 18.7 Å². The van der Waals surface area contributed by atoms with Gasteiger partial charge in [-0.25, -0.2) is 0 Å². The Balaban J connectivity index is 1.34. The molecule has 1 aliphatic heterocycles. The van der Waals surface area contributed by atoms with Gasteiger partial charge in [0.15, 0.2) is 6.61 Å². The van der Waals surface area contributed by atoms with Crippen LogP contribution in [-0.4, -0.2) is 36.7 Å². The van der Waals surface area contributed by atoms with Crippen molar-refractivity contribution in [2.24, 2.45) is 0 Å². The van der Waals surface area contributed by atoms with Crippen LogP contribution in [0.3, 0.4) is 0 Å². The first kappa shape index (κ1) is 17.0. The molecule has 0 saturated heterocycles. The molecule has 0 fully saturated rings. The van der Waals surface area contributed by atoms with E-state index in [0.29, 0.717) is 25.1 Å². The molecule has 1 aromatic heterocycles. The molecule has 2 aromatic rings. The van der Waals surface area contributed by atoms with Gasteiger partial charge in [0, 0.05) is 31.3 Å². The Morgan fingerprint density at radius 1 is 1.36 bits per heavy atom. The van der Waals surface area contributed by atoms with Gasteiger partial charge < -0.3 is 19.5 Å². The maximum absolute atomic E-state index is 12.3. The van der Waals surface area contributed by atoms with E-state index in [2.05, 4.69) is 16.5 Å². The van der Waals surface area contributed by atoms with Crippen molar-refractivity contribution in [2.75, 3.05) is 24.6 Å². The standard InChI is InChI=1S/C18H21N3O4/c1-13-11-17(20-25-13)24-12-16(22)19-9-4-7-18(23)21-10-8-14-5-2-3-6-15(14)21/h2-3,5-6,11H,4,7-10,12H2,1H3,(H,19,22). The summed E-state index contributed by atoms with van der Waals surface area (Å²) in [5.41, 5.74) is 2.22. The highest BCUT2D eigenvalue weighted by atomic mass is 16.5. The zero-order chi connectivity index (χ0) is 17.6. The van der Waals surface area contributed by atoms with Gasteiger partial charge in [0.05, 0.1) is 0 Å². The number of ether oxygens (including phenoxy) is 1. The fourth-order valence-electron chi connectivity index (χ4n) is 2.80. The molecule has 3 rings (SSSR count). The van der Waals surface area contributed by atoms with Gasteiger partial charge in [0.1, 0.15) is 5.76 Å². The molecule has 2 heterocycles. The first-order chi connectivity index (χ1) is 12.1. The number of aryl methyl sites for hydroxylation is 1. The lowest BCUT2D eigenvalue weighted by atomic mass is 10.2. The van der Waals surface area contributed by atoms with Gasteiger partial charge in [0.2, 0.25) is 5.91 Å². The molecule has 0 unspecified atom stereocenters. The summed E-state index contributed by atoms with van der Waals surface area (Å²) in [5, 5.41) is 6.37. The summed E-state index contributed by atoms with van der Waals surface area (Å²) in [6.07, 6.45) is 1.89. The molecule has 2 amide bonds. The lowest BCUT2D eigenvalue weighted by molar-refractivity contribution is -0.123. The Morgan fingerprint density at radius 3 is 3.00 bits per heavy atom. The van der Waals surface area contributed by atoms with Crippen LogP contribution in [0.4, 0.5) is 5.69 Å². The minimum absolute atomic E-state index is 0.0912. The van der Waals surface area contributed by atoms with Crippen LogP contribution >= 0.6 is 0 Å². The summed E-state index contributed by atoms with van der Waals surface area (Å²) in [6.45, 7) is 2.78. The van der Waals surface area contributed by atoms with Gasteiger partial charge in [-0.1, -0.05) is 18.2 Å². The largest absolute Gasteiger partial charge is 0.465 e. The van der Waals surface area contributed by atoms with Gasteiger partial charge in [-0.3, -0.25) is 9.59 Å². The van der Waals surface area contributed by atoms with Crippen molar-refractivity contribution in [3.8, 4) is 5.88 Å². The van der Waals surface area contributed by atoms with Crippen LogP contribution in [0.5, 0.6) is 5.88 Å². The van der Waals surface area contributed by atoms with Gasteiger partial charge in [-0.2, -0.15) is 0 Å². The minimum atomic E-state index is -0.250. The molecule has 0 aliphatic carbocycles. The molecule has 0 saturated carbocycles. The number of amides is 2. The Bertz CT molecular complexity index is 756. The highest BCUT2D eigenvalue weighted by Crippen LogP contribution is 2.27. The quantitative estimate of drug-likeness (QED) is 0.776. The van der Waals surface area contributed by atoms with Gasteiger partial charge >= 0.3 is 0 Å². The maximum Gasteiger partial charge on any atom is 0.258 e. The molecule has 1 aliphatic rings. The predicted molar refractivity (Wildman–Crippen MR) is 91.5 cm³/mol. The first-order valence-electron chi connectivity index (χ1n) is 8.34. The summed E-state index contributed by atoms with van der Waals surface area (Å²) in [4.78, 5) is 25.9. The van der Waals surface area contributed by atoms with Crippen LogP contribution in [0.15, 0.2) is 34.9 Å². The lowest BCUT2D eigenvalue weighted by Gasteiger charge is -2.17. The van der Waals surface area contributed by atoms with Crippen molar-refractivity contribution < 1.29 is 18.8 Å². The monoisotopic (exact) mass is 343 g/mol. The average Bonchev–Trinajstić information content (AvgIpc) is 3.23. The summed E-state index contributed by atoms with van der Waals surface area (Å²) in [5.74, 6) is 0.751. The van der Waals surface area contributed by atoms with E-state index < -0.39 is 0 Å². The predicted octanol–water partition coefficient (Wildman–Crippen LogP) is 1.85. The number of aromatic nitrogens is 1. The third kappa shape index (κ3) is 4.37. The molecule has 1 N–H and O–H groups in total. The Hall–Kier alpha value is -2.83. The number of benzene rings is 1. The van der Waals surface area contributed by atoms with Crippen molar-refractivity contribution >= 4 is 17.5 Å². The third-order valence-corrected chi connectivity index (χ3v) is 4.04. The smallest absolute Gasteiger partial charge is 0.258 e. The van der Waals surface area contributed by atoms with E-state index in [-0.39, 0.29) is 24.3 Å². The van der Waals surface area contributed by atoms with Crippen LogP contribution in [0.25, 0.3) is 0 Å². The molecule has 7 nitrogen and oxygen atoms in total. The minimum Gasteiger partial charge on any atom is -0.465 e. The second kappa shape index (κ2) is 7.83. The molecule has 7 heteroatoms. The molecule has 25 heavy (non-hydrogen) atoms. The number of hydrogen-bond donors (Lipinski definition) is 1. The summed E-state index contributed by atoms with van der Waals surface area (Å²) >= 11 is 0. The number of rotatable bonds is 7. The molecule has 0 spiro atoms. The van der Waals surface area contributed by atoms with Crippen LogP contribution in [0, 0.1) is 6.92 Å². The summed E-state index contributed by atoms with van der Waals surface area (Å²) < 4.78 is 10.0. The first-order valence-corrected chi connectivity index (χ1v) is 8.34. The summed E-state index contributed by atoms with van der Waals surface area (Å²) in [7, 11) is 0. The highest BCUT2D eigenvalue weighted by Gasteiger charge is 2.23. The van der Waals surface area contributed by atoms with E-state index in [1.54, 1.807) is 13.0 Å². The normalized spacial score (nSPS) is 12.8. The van der Waals surface area contributed by atoms with E-state index in [1.165, 1.54) is 5.56 Å². The Labute approximate surface area is 145 Å². The molecular formula is C18H21N3O4. The second-order valence-electron chi connectivity index (χ2n) is 5.94. The highest BCUT2D eigenvalue weighted by molar-refractivity contribution is 5.95. The number of hydrogen-bond acceptors (Lipinski definition) is 5. The zero-order valence-electron chi connectivity index (χ0n) is 14.2. The maximum atomic E-state index is 12.3. The lowest BCUT2D eigenvalue weighted by Crippen LogP contribution is -2.32. The van der Waals surface area contributed by atoms with Crippen molar-refractivity contribution in [3.63, 3.8) is 0 Å². The molecular weight excluding hydrogens is 322 g/mol. The topological polar surface area (TPSA) is 84.7 Å². The fraction of sp³-hybridized carbons (Fsp3) is 0.389. The Morgan fingerprint density at radius 2 is 2.20 bits per heavy atom. The number of carbonyl (C=O) groups excluding carboxylic acids is 2. The van der Waals surface area contributed by atoms with Crippen LogP contribution in [-0.2, 0) is 16.0 Å². The molecule has 0 bridgehead atoms. The number of anilines is 1. The third-order valence-electron chi connectivity index (χ3n) is 4.04. The molecule has 132 valence electrons. The average molecular weight is 343 g/mol. The van der Waals surface area contributed by atoms with Gasteiger partial charge in [0.25, 0.3) is 11.8 Å². The van der Waals surface area contributed by atoms with E-state index >= 15 is 0 Å². The van der Waals surface area contributed by atoms with Crippen molar-refractivity contribution in [3.05, 3.63) is 41.7 Å². The fourth-order valence-corrected chi connectivity index (χ4v) is 2.80. The SMILES string of the molecule is Cc1cc(OCC(=O)NCCCC(=O)N2CCc3ccccc32)no1. The van der Waals surface area contributed by atoms with Crippen LogP contribution in [0.2, 0.25) is 0 Å². The van der Waals surface area contributed by atoms with E-state index in [1.807, 2.05) is 23.1 Å². The molecule has 0 atom stereocenters. The van der Waals surface area contributed by atoms with Crippen molar-refractivity contribution in [1.82, 2.24) is 10.5 Å². The Kier molecular flexibility index (Phi) is 5.33. The van der Waals surface area contributed by atoms with Crippen molar-refractivity contribution in [2.45, 2.75) is 26.2 Å². The summed E-state index contributed by atoms with van der Waals surface area (Å²) in [6, 6.07) is 9.58. The van der Waals surface area contributed by atoms with E-state index in [9.17, 15) is 9.59 Å². The van der Waals surface area contributed by atoms with Crippen LogP contribution in [0.1, 0.15) is 24.2 Å². The van der Waals surface area contributed by atoms with Crippen LogP contribution < -0.4 is 15.0 Å². The van der Waals surface area contributed by atoms with Gasteiger partial charge in [-0.05, 0) is 36.6 Å². The molecule has 1 aromatic carbocycles. The second-order valence-corrected chi connectivity index (χ2v) is 5.94.